The minimum atomic E-state index is -0.479. The molecule has 0 radical (unpaired) electrons. The van der Waals surface area contributed by atoms with Crippen LogP contribution in [0, 0.1) is 19.7 Å². The van der Waals surface area contributed by atoms with Crippen molar-refractivity contribution in [2.75, 3.05) is 0 Å². The Labute approximate surface area is 177 Å². The number of hydrogen-bond donors (Lipinski definition) is 2. The third-order valence-electron chi connectivity index (χ3n) is 4.77. The van der Waals surface area contributed by atoms with Crippen LogP contribution in [-0.2, 0) is 11.2 Å². The van der Waals surface area contributed by atoms with Crippen molar-refractivity contribution in [1.29, 1.82) is 0 Å². The van der Waals surface area contributed by atoms with Gasteiger partial charge in [-0.1, -0.05) is 47.6 Å². The average molecular weight is 420 g/mol. The molecular formula is C22H21FN6O2. The lowest BCUT2D eigenvalue weighted by molar-refractivity contribution is -0.121. The molecule has 2 aromatic heterocycles. The lowest BCUT2D eigenvalue weighted by Crippen LogP contribution is -2.30. The first-order chi connectivity index (χ1) is 15.0. The molecule has 1 atom stereocenters. The fraction of sp³-hybridized carbons (Fsp3) is 0.227. The number of rotatable bonds is 7. The Bertz CT molecular complexity index is 1190. The Kier molecular flexibility index (Phi) is 5.83. The first-order valence-electron chi connectivity index (χ1n) is 9.82. The quantitative estimate of drug-likeness (QED) is 0.474. The first-order valence-corrected chi connectivity index (χ1v) is 9.82. The van der Waals surface area contributed by atoms with Gasteiger partial charge in [-0.25, -0.2) is 9.37 Å². The van der Waals surface area contributed by atoms with Gasteiger partial charge in [-0.05, 0) is 31.0 Å². The van der Waals surface area contributed by atoms with Crippen LogP contribution in [0.3, 0.4) is 0 Å². The number of nitrogens with zero attached hydrogens (tertiary/aromatic N) is 4. The summed E-state index contributed by atoms with van der Waals surface area (Å²) in [6, 6.07) is 13.8. The zero-order valence-electron chi connectivity index (χ0n) is 17.1. The van der Waals surface area contributed by atoms with E-state index in [-0.39, 0.29) is 30.4 Å². The van der Waals surface area contributed by atoms with E-state index in [1.54, 1.807) is 26.0 Å². The van der Waals surface area contributed by atoms with E-state index in [0.717, 1.165) is 5.56 Å². The van der Waals surface area contributed by atoms with Crippen LogP contribution in [0.2, 0.25) is 0 Å². The molecule has 4 rings (SSSR count). The molecule has 0 aliphatic carbocycles. The Balaban J connectivity index is 1.42. The molecule has 0 saturated carbocycles. The largest absolute Gasteiger partial charge is 0.342 e. The van der Waals surface area contributed by atoms with Gasteiger partial charge >= 0.3 is 0 Å². The minimum Gasteiger partial charge on any atom is -0.342 e. The number of H-pyrrole nitrogens is 1. The summed E-state index contributed by atoms with van der Waals surface area (Å²) < 4.78 is 19.0. The van der Waals surface area contributed by atoms with E-state index in [0.29, 0.717) is 28.7 Å². The molecular weight excluding hydrogens is 399 g/mol. The number of nitrogens with one attached hydrogen (secondary N) is 2. The maximum Gasteiger partial charge on any atom is 0.227 e. The molecule has 1 amide bonds. The molecule has 1 unspecified atom stereocenters. The molecule has 0 bridgehead atoms. The standard InChI is InChI=1S/C22H21FN6O2/c1-13-8-9-16(12-17(13)23)21-26-19(31-29-21)11-10-18(30)25-20(15-6-4-3-5-7-15)22-24-14(2)27-28-22/h3-9,12,20H,10-11H2,1-2H3,(H,25,30)(H,24,27,28). The highest BCUT2D eigenvalue weighted by Gasteiger charge is 2.21. The van der Waals surface area contributed by atoms with Crippen LogP contribution in [-0.4, -0.2) is 31.2 Å². The first kappa shape index (κ1) is 20.4. The molecule has 0 aliphatic heterocycles. The van der Waals surface area contributed by atoms with Gasteiger partial charge in [0.1, 0.15) is 17.7 Å². The summed E-state index contributed by atoms with van der Waals surface area (Å²) in [5, 5.41) is 13.8. The van der Waals surface area contributed by atoms with Gasteiger partial charge in [-0.2, -0.15) is 10.1 Å². The predicted molar refractivity (Wildman–Crippen MR) is 110 cm³/mol. The second-order valence-electron chi connectivity index (χ2n) is 7.17. The van der Waals surface area contributed by atoms with Crippen molar-refractivity contribution in [2.45, 2.75) is 32.7 Å². The number of halogens is 1. The van der Waals surface area contributed by atoms with Gasteiger partial charge in [0.25, 0.3) is 0 Å². The number of aryl methyl sites for hydroxylation is 3. The van der Waals surface area contributed by atoms with Crippen LogP contribution in [0.15, 0.2) is 53.1 Å². The molecule has 2 aromatic carbocycles. The van der Waals surface area contributed by atoms with Gasteiger partial charge in [0.2, 0.25) is 17.6 Å². The number of aromatic nitrogens is 5. The van der Waals surface area contributed by atoms with E-state index < -0.39 is 6.04 Å². The molecule has 4 aromatic rings. The number of carbonyl (C=O) groups excluding carboxylic acids is 1. The number of carbonyl (C=O) groups is 1. The summed E-state index contributed by atoms with van der Waals surface area (Å²) in [5.74, 6) is 1.19. The van der Waals surface area contributed by atoms with Gasteiger partial charge in [-0.15, -0.1) is 0 Å². The average Bonchev–Trinajstić information content (AvgIpc) is 3.42. The zero-order valence-corrected chi connectivity index (χ0v) is 17.1. The highest BCUT2D eigenvalue weighted by atomic mass is 19.1. The second-order valence-corrected chi connectivity index (χ2v) is 7.17. The second kappa shape index (κ2) is 8.86. The lowest BCUT2D eigenvalue weighted by Gasteiger charge is -2.16. The number of benzene rings is 2. The van der Waals surface area contributed by atoms with Crippen molar-refractivity contribution in [2.24, 2.45) is 0 Å². The van der Waals surface area contributed by atoms with Crippen molar-refractivity contribution in [3.05, 3.63) is 83.0 Å². The molecule has 0 aliphatic rings. The van der Waals surface area contributed by atoms with Crippen molar-refractivity contribution in [1.82, 2.24) is 30.6 Å². The Morgan fingerprint density at radius 3 is 2.68 bits per heavy atom. The fourth-order valence-electron chi connectivity index (χ4n) is 3.09. The molecule has 0 fully saturated rings. The number of hydrogen-bond acceptors (Lipinski definition) is 6. The van der Waals surface area contributed by atoms with Gasteiger partial charge in [-0.3, -0.25) is 9.89 Å². The Hall–Kier alpha value is -3.88. The van der Waals surface area contributed by atoms with Gasteiger partial charge in [0.05, 0.1) is 0 Å². The maximum absolute atomic E-state index is 13.8. The van der Waals surface area contributed by atoms with Crippen molar-refractivity contribution >= 4 is 5.91 Å². The topological polar surface area (TPSA) is 110 Å². The highest BCUT2D eigenvalue weighted by molar-refractivity contribution is 5.77. The Morgan fingerprint density at radius 1 is 1.16 bits per heavy atom. The molecule has 0 saturated heterocycles. The summed E-state index contributed by atoms with van der Waals surface area (Å²) in [5.41, 5.74) is 1.93. The summed E-state index contributed by atoms with van der Waals surface area (Å²) in [7, 11) is 0. The number of aromatic amines is 1. The summed E-state index contributed by atoms with van der Waals surface area (Å²) >= 11 is 0. The molecule has 158 valence electrons. The molecule has 0 spiro atoms. The summed E-state index contributed by atoms with van der Waals surface area (Å²) in [4.78, 5) is 21.2. The normalized spacial score (nSPS) is 12.0. The van der Waals surface area contributed by atoms with Crippen molar-refractivity contribution in [3.8, 4) is 11.4 Å². The van der Waals surface area contributed by atoms with Crippen LogP contribution >= 0.6 is 0 Å². The smallest absolute Gasteiger partial charge is 0.227 e. The van der Waals surface area contributed by atoms with Crippen molar-refractivity contribution in [3.63, 3.8) is 0 Å². The predicted octanol–water partition coefficient (Wildman–Crippen LogP) is 3.45. The monoisotopic (exact) mass is 420 g/mol. The van der Waals surface area contributed by atoms with E-state index >= 15 is 0 Å². The van der Waals surface area contributed by atoms with Gasteiger partial charge in [0, 0.05) is 18.4 Å². The van der Waals surface area contributed by atoms with E-state index in [4.69, 9.17) is 4.52 Å². The molecule has 2 N–H and O–H groups in total. The zero-order chi connectivity index (χ0) is 21.8. The van der Waals surface area contributed by atoms with E-state index in [2.05, 4.69) is 30.6 Å². The molecule has 9 heteroatoms. The van der Waals surface area contributed by atoms with Crippen LogP contribution < -0.4 is 5.32 Å². The van der Waals surface area contributed by atoms with Crippen LogP contribution in [0.4, 0.5) is 4.39 Å². The maximum atomic E-state index is 13.8. The molecule has 2 heterocycles. The third-order valence-corrected chi connectivity index (χ3v) is 4.77. The van der Waals surface area contributed by atoms with Crippen LogP contribution in [0.5, 0.6) is 0 Å². The minimum absolute atomic E-state index is 0.136. The highest BCUT2D eigenvalue weighted by Crippen LogP contribution is 2.21. The van der Waals surface area contributed by atoms with Crippen molar-refractivity contribution < 1.29 is 13.7 Å². The van der Waals surface area contributed by atoms with Crippen LogP contribution in [0.25, 0.3) is 11.4 Å². The fourth-order valence-corrected chi connectivity index (χ4v) is 3.09. The van der Waals surface area contributed by atoms with Gasteiger partial charge < -0.3 is 9.84 Å². The van der Waals surface area contributed by atoms with Gasteiger partial charge in [0.15, 0.2) is 5.82 Å². The Morgan fingerprint density at radius 2 is 1.97 bits per heavy atom. The lowest BCUT2D eigenvalue weighted by atomic mass is 10.1. The third kappa shape index (κ3) is 4.82. The van der Waals surface area contributed by atoms with E-state index in [1.807, 2.05) is 30.3 Å². The van der Waals surface area contributed by atoms with E-state index in [1.165, 1.54) is 6.07 Å². The SMILES string of the molecule is Cc1nc(C(NC(=O)CCc2nc(-c3ccc(C)c(F)c3)no2)c2ccccc2)n[nH]1. The summed E-state index contributed by atoms with van der Waals surface area (Å²) in [6.45, 7) is 3.48. The van der Waals surface area contributed by atoms with E-state index in [9.17, 15) is 9.18 Å². The molecule has 8 nitrogen and oxygen atoms in total. The van der Waals surface area contributed by atoms with Crippen LogP contribution in [0.1, 0.15) is 41.1 Å². The summed E-state index contributed by atoms with van der Waals surface area (Å²) in [6.07, 6.45) is 0.387. The number of amides is 1. The molecule has 31 heavy (non-hydrogen) atoms.